The van der Waals surface area contributed by atoms with Crippen LogP contribution in [0.1, 0.15) is 45.6 Å². The molecule has 0 bridgehead atoms. The van der Waals surface area contributed by atoms with Gasteiger partial charge in [0.05, 0.1) is 12.8 Å². The number of amides is 1. The van der Waals surface area contributed by atoms with Crippen LogP contribution < -0.4 is 10.1 Å². The fourth-order valence-corrected chi connectivity index (χ4v) is 3.31. The number of anilines is 1. The van der Waals surface area contributed by atoms with Gasteiger partial charge >= 0.3 is 0 Å². The topological polar surface area (TPSA) is 41.6 Å². The monoisotopic (exact) mass is 304 g/mol. The van der Waals surface area contributed by atoms with Crippen LogP contribution in [-0.2, 0) is 4.79 Å². The summed E-state index contributed by atoms with van der Waals surface area (Å²) in [5.74, 6) is 0.938. The van der Waals surface area contributed by atoms with Crippen molar-refractivity contribution in [3.05, 3.63) is 23.8 Å². The molecule has 4 nitrogen and oxygen atoms in total. The van der Waals surface area contributed by atoms with Crippen LogP contribution >= 0.6 is 0 Å². The zero-order chi connectivity index (χ0) is 16.3. The highest BCUT2D eigenvalue weighted by Gasteiger charge is 2.31. The second-order valence-electron chi connectivity index (χ2n) is 6.44. The first kappa shape index (κ1) is 16.7. The highest BCUT2D eigenvalue weighted by atomic mass is 16.5. The molecule has 0 unspecified atom stereocenters. The quantitative estimate of drug-likeness (QED) is 0.924. The van der Waals surface area contributed by atoms with Gasteiger partial charge in [-0.2, -0.15) is 0 Å². The normalized spacial score (nSPS) is 23.0. The van der Waals surface area contributed by atoms with Crippen molar-refractivity contribution >= 4 is 11.6 Å². The number of carbonyl (C=O) groups excluding carboxylic acids is 1. The van der Waals surface area contributed by atoms with Crippen molar-refractivity contribution in [3.8, 4) is 5.75 Å². The number of aryl methyl sites for hydroxylation is 1. The van der Waals surface area contributed by atoms with E-state index in [2.05, 4.69) is 19.2 Å². The minimum Gasteiger partial charge on any atom is -0.495 e. The molecule has 1 aromatic carbocycles. The van der Waals surface area contributed by atoms with Gasteiger partial charge in [-0.15, -0.1) is 0 Å². The summed E-state index contributed by atoms with van der Waals surface area (Å²) >= 11 is 0. The number of methoxy groups -OCH3 is 1. The SMILES string of the molecule is COc1ccc(C)cc1N[C@H](C)C(=O)N1[C@H](C)CCC[C@H]1C. The Bertz CT molecular complexity index is 520. The van der Waals surface area contributed by atoms with Gasteiger partial charge in [0.2, 0.25) is 5.91 Å². The fourth-order valence-electron chi connectivity index (χ4n) is 3.31. The van der Waals surface area contributed by atoms with E-state index in [0.29, 0.717) is 12.1 Å². The molecule has 1 aromatic rings. The molecular weight excluding hydrogens is 276 g/mol. The van der Waals surface area contributed by atoms with Gasteiger partial charge in [-0.05, 0) is 64.7 Å². The first-order valence-corrected chi connectivity index (χ1v) is 8.17. The van der Waals surface area contributed by atoms with Gasteiger partial charge in [0, 0.05) is 12.1 Å². The van der Waals surface area contributed by atoms with E-state index in [4.69, 9.17) is 4.74 Å². The molecule has 1 aliphatic rings. The van der Waals surface area contributed by atoms with E-state index < -0.39 is 0 Å². The largest absolute Gasteiger partial charge is 0.495 e. The van der Waals surface area contributed by atoms with E-state index in [9.17, 15) is 4.79 Å². The summed E-state index contributed by atoms with van der Waals surface area (Å²) < 4.78 is 5.38. The lowest BCUT2D eigenvalue weighted by Crippen LogP contribution is -2.52. The molecule has 0 aromatic heterocycles. The lowest BCUT2D eigenvalue weighted by molar-refractivity contribution is -0.137. The third-order valence-corrected chi connectivity index (χ3v) is 4.55. The molecule has 122 valence electrons. The number of rotatable bonds is 4. The highest BCUT2D eigenvalue weighted by molar-refractivity contribution is 5.85. The van der Waals surface area contributed by atoms with E-state index in [0.717, 1.165) is 29.8 Å². The van der Waals surface area contributed by atoms with Crippen LogP contribution in [0.5, 0.6) is 5.75 Å². The second-order valence-corrected chi connectivity index (χ2v) is 6.44. The van der Waals surface area contributed by atoms with Crippen LogP contribution in [0.3, 0.4) is 0 Å². The molecular formula is C18H28N2O2. The molecule has 22 heavy (non-hydrogen) atoms. The Hall–Kier alpha value is -1.71. The average molecular weight is 304 g/mol. The molecule has 1 aliphatic heterocycles. The van der Waals surface area contributed by atoms with Gasteiger partial charge in [0.1, 0.15) is 11.8 Å². The van der Waals surface area contributed by atoms with Crippen molar-refractivity contribution in [1.29, 1.82) is 0 Å². The van der Waals surface area contributed by atoms with Crippen LogP contribution in [0.25, 0.3) is 0 Å². The maximum atomic E-state index is 12.8. The van der Waals surface area contributed by atoms with Crippen LogP contribution in [0, 0.1) is 6.92 Å². The summed E-state index contributed by atoms with van der Waals surface area (Å²) in [6.45, 7) is 8.26. The van der Waals surface area contributed by atoms with Gasteiger partial charge in [0.15, 0.2) is 0 Å². The zero-order valence-corrected chi connectivity index (χ0v) is 14.3. The maximum absolute atomic E-state index is 12.8. The molecule has 0 spiro atoms. The fraction of sp³-hybridized carbons (Fsp3) is 0.611. The van der Waals surface area contributed by atoms with E-state index in [1.54, 1.807) is 7.11 Å². The lowest BCUT2D eigenvalue weighted by atomic mass is 9.96. The van der Waals surface area contributed by atoms with E-state index in [1.807, 2.05) is 36.9 Å². The van der Waals surface area contributed by atoms with Crippen LogP contribution in [0.2, 0.25) is 0 Å². The number of nitrogens with zero attached hydrogens (tertiary/aromatic N) is 1. The molecule has 0 aliphatic carbocycles. The van der Waals surface area contributed by atoms with Gasteiger partial charge in [0.25, 0.3) is 0 Å². The Balaban J connectivity index is 2.13. The number of carbonyl (C=O) groups is 1. The van der Waals surface area contributed by atoms with Crippen molar-refractivity contribution in [2.75, 3.05) is 12.4 Å². The minimum atomic E-state index is -0.265. The van der Waals surface area contributed by atoms with Crippen molar-refractivity contribution in [1.82, 2.24) is 4.90 Å². The first-order chi connectivity index (χ1) is 10.4. The Morgan fingerprint density at radius 2 is 1.95 bits per heavy atom. The van der Waals surface area contributed by atoms with Gasteiger partial charge in [-0.25, -0.2) is 0 Å². The second kappa shape index (κ2) is 7.03. The van der Waals surface area contributed by atoms with Crippen LogP contribution in [0.4, 0.5) is 5.69 Å². The van der Waals surface area contributed by atoms with Crippen LogP contribution in [-0.4, -0.2) is 36.0 Å². The summed E-state index contributed by atoms with van der Waals surface area (Å²) in [7, 11) is 1.65. The van der Waals surface area contributed by atoms with Crippen LogP contribution in [0.15, 0.2) is 18.2 Å². The molecule has 3 atom stereocenters. The number of hydrogen-bond acceptors (Lipinski definition) is 3. The Labute approximate surface area is 133 Å². The predicted octanol–water partition coefficient (Wildman–Crippen LogP) is 3.59. The summed E-state index contributed by atoms with van der Waals surface area (Å²) in [6.07, 6.45) is 3.40. The number of hydrogen-bond donors (Lipinski definition) is 1. The first-order valence-electron chi connectivity index (χ1n) is 8.17. The molecule has 4 heteroatoms. The molecule has 1 saturated heterocycles. The standard InChI is InChI=1S/C18H28N2O2/c1-12-9-10-17(22-5)16(11-12)19-15(4)18(21)20-13(2)7-6-8-14(20)3/h9-11,13-15,19H,6-8H2,1-5H3/t13-,14-,15-/m1/s1. The molecule has 2 rings (SSSR count). The Morgan fingerprint density at radius 3 is 2.55 bits per heavy atom. The van der Waals surface area contributed by atoms with Gasteiger partial charge in [-0.1, -0.05) is 6.07 Å². The Morgan fingerprint density at radius 1 is 1.32 bits per heavy atom. The molecule has 1 fully saturated rings. The van der Waals surface area contributed by atoms with E-state index in [-0.39, 0.29) is 11.9 Å². The number of piperidine rings is 1. The number of nitrogens with one attached hydrogen (secondary N) is 1. The summed E-state index contributed by atoms with van der Waals surface area (Å²) in [5.41, 5.74) is 2.02. The van der Waals surface area contributed by atoms with Crippen molar-refractivity contribution < 1.29 is 9.53 Å². The van der Waals surface area contributed by atoms with Crippen molar-refractivity contribution in [2.45, 2.75) is 65.1 Å². The van der Waals surface area contributed by atoms with Crippen molar-refractivity contribution in [2.24, 2.45) is 0 Å². The lowest BCUT2D eigenvalue weighted by Gasteiger charge is -2.40. The van der Waals surface area contributed by atoms with Crippen molar-refractivity contribution in [3.63, 3.8) is 0 Å². The highest BCUT2D eigenvalue weighted by Crippen LogP contribution is 2.28. The molecule has 1 amide bonds. The molecule has 1 heterocycles. The molecule has 0 radical (unpaired) electrons. The predicted molar refractivity (Wildman–Crippen MR) is 90.4 cm³/mol. The van der Waals surface area contributed by atoms with E-state index in [1.165, 1.54) is 6.42 Å². The van der Waals surface area contributed by atoms with Gasteiger partial charge < -0.3 is 15.0 Å². The zero-order valence-electron chi connectivity index (χ0n) is 14.3. The molecule has 0 saturated carbocycles. The summed E-state index contributed by atoms with van der Waals surface area (Å²) in [4.78, 5) is 14.9. The minimum absolute atomic E-state index is 0.170. The third-order valence-electron chi connectivity index (χ3n) is 4.55. The summed E-state index contributed by atoms with van der Waals surface area (Å²) in [6, 6.07) is 6.33. The smallest absolute Gasteiger partial charge is 0.245 e. The van der Waals surface area contributed by atoms with E-state index >= 15 is 0 Å². The molecule has 1 N–H and O–H groups in total. The Kier molecular flexibility index (Phi) is 5.33. The van der Waals surface area contributed by atoms with Gasteiger partial charge in [-0.3, -0.25) is 4.79 Å². The third kappa shape index (κ3) is 3.54. The number of likely N-dealkylation sites (tertiary alicyclic amines) is 1. The maximum Gasteiger partial charge on any atom is 0.245 e. The number of benzene rings is 1. The average Bonchev–Trinajstić information content (AvgIpc) is 2.47. The number of ether oxygens (including phenoxy) is 1. The summed E-state index contributed by atoms with van der Waals surface area (Å²) in [5, 5.41) is 3.32.